The largest absolute Gasteiger partial charge is 0.418 e. The first-order valence-corrected chi connectivity index (χ1v) is 6.58. The molecule has 0 spiro atoms. The Bertz CT molecular complexity index is 531. The summed E-state index contributed by atoms with van der Waals surface area (Å²) in [4.78, 5) is 13.8. The number of alkyl halides is 3. The van der Waals surface area contributed by atoms with E-state index in [1.807, 2.05) is 0 Å². The van der Waals surface area contributed by atoms with Crippen LogP contribution in [0.4, 0.5) is 18.9 Å². The lowest BCUT2D eigenvalue weighted by molar-refractivity contribution is -0.136. The van der Waals surface area contributed by atoms with Crippen molar-refractivity contribution >= 4 is 11.6 Å². The lowest BCUT2D eigenvalue weighted by Crippen LogP contribution is -2.30. The van der Waals surface area contributed by atoms with Gasteiger partial charge in [-0.05, 0) is 24.6 Å². The molecule has 0 saturated carbocycles. The van der Waals surface area contributed by atoms with Crippen molar-refractivity contribution in [3.8, 4) is 0 Å². The topological polar surface area (TPSA) is 41.6 Å². The molecule has 0 aliphatic carbocycles. The standard InChI is InChI=1S/C14H17F3N2O2/c1-18-12-4-3-9(7-11(12)14(15,16)17)13(20)19-6-5-10(8-19)21-2/h3-4,7,10,18H,5-6,8H2,1-2H3. The van der Waals surface area contributed by atoms with Crippen molar-refractivity contribution in [2.45, 2.75) is 18.7 Å². The SMILES string of the molecule is CNc1ccc(C(=O)N2CCC(OC)C2)cc1C(F)(F)F. The van der Waals surface area contributed by atoms with E-state index in [2.05, 4.69) is 5.32 Å². The van der Waals surface area contributed by atoms with Gasteiger partial charge in [-0.1, -0.05) is 0 Å². The summed E-state index contributed by atoms with van der Waals surface area (Å²) in [6.07, 6.45) is -3.86. The highest BCUT2D eigenvalue weighted by Crippen LogP contribution is 2.35. The van der Waals surface area contributed by atoms with E-state index < -0.39 is 17.6 Å². The van der Waals surface area contributed by atoms with Crippen LogP contribution in [-0.4, -0.2) is 44.2 Å². The van der Waals surface area contributed by atoms with E-state index in [0.29, 0.717) is 19.5 Å². The number of benzene rings is 1. The molecule has 1 heterocycles. The molecule has 0 aromatic heterocycles. The molecule has 1 saturated heterocycles. The lowest BCUT2D eigenvalue weighted by Gasteiger charge is -2.18. The highest BCUT2D eigenvalue weighted by molar-refractivity contribution is 5.95. The molecule has 1 aliphatic heterocycles. The van der Waals surface area contributed by atoms with Crippen molar-refractivity contribution in [3.05, 3.63) is 29.3 Å². The minimum absolute atomic E-state index is 0.0399. The number of carbonyl (C=O) groups excluding carboxylic acids is 1. The molecule has 1 aromatic carbocycles. The fourth-order valence-corrected chi connectivity index (χ4v) is 2.42. The third kappa shape index (κ3) is 3.29. The number of nitrogens with one attached hydrogen (secondary N) is 1. The molecule has 1 atom stereocenters. The summed E-state index contributed by atoms with van der Waals surface area (Å²) >= 11 is 0. The fraction of sp³-hybridized carbons (Fsp3) is 0.500. The van der Waals surface area contributed by atoms with Crippen LogP contribution in [0.1, 0.15) is 22.3 Å². The number of likely N-dealkylation sites (tertiary alicyclic amines) is 1. The maximum Gasteiger partial charge on any atom is 0.418 e. The van der Waals surface area contributed by atoms with Gasteiger partial charge in [0.1, 0.15) is 0 Å². The Morgan fingerprint density at radius 2 is 2.14 bits per heavy atom. The van der Waals surface area contributed by atoms with Gasteiger partial charge in [-0.25, -0.2) is 0 Å². The minimum Gasteiger partial charge on any atom is -0.388 e. The number of hydrogen-bond acceptors (Lipinski definition) is 3. The number of nitrogens with zero attached hydrogens (tertiary/aromatic N) is 1. The van der Waals surface area contributed by atoms with Gasteiger partial charge in [0.05, 0.1) is 11.7 Å². The Morgan fingerprint density at radius 1 is 1.43 bits per heavy atom. The summed E-state index contributed by atoms with van der Waals surface area (Å²) in [7, 11) is 2.97. The maximum absolute atomic E-state index is 13.0. The normalized spacial score (nSPS) is 18.9. The van der Waals surface area contributed by atoms with E-state index in [1.54, 1.807) is 7.11 Å². The number of methoxy groups -OCH3 is 1. The van der Waals surface area contributed by atoms with Gasteiger partial charge in [-0.15, -0.1) is 0 Å². The highest BCUT2D eigenvalue weighted by atomic mass is 19.4. The van der Waals surface area contributed by atoms with Crippen LogP contribution in [0, 0.1) is 0 Å². The van der Waals surface area contributed by atoms with E-state index in [-0.39, 0.29) is 17.4 Å². The quantitative estimate of drug-likeness (QED) is 0.933. The van der Waals surface area contributed by atoms with Crippen LogP contribution in [0.15, 0.2) is 18.2 Å². The van der Waals surface area contributed by atoms with E-state index in [4.69, 9.17) is 4.74 Å². The zero-order chi connectivity index (χ0) is 15.6. The van der Waals surface area contributed by atoms with Crippen molar-refractivity contribution in [3.63, 3.8) is 0 Å². The number of rotatable bonds is 3. The van der Waals surface area contributed by atoms with Crippen LogP contribution in [-0.2, 0) is 10.9 Å². The molecule has 0 radical (unpaired) electrons. The summed E-state index contributed by atoms with van der Waals surface area (Å²) in [6, 6.07) is 3.58. The number of carbonyl (C=O) groups is 1. The Kier molecular flexibility index (Phi) is 4.41. The summed E-state index contributed by atoms with van der Waals surface area (Å²) in [6.45, 7) is 0.900. The van der Waals surface area contributed by atoms with Crippen LogP contribution in [0.25, 0.3) is 0 Å². The van der Waals surface area contributed by atoms with E-state index in [0.717, 1.165) is 6.07 Å². The summed E-state index contributed by atoms with van der Waals surface area (Å²) in [5.74, 6) is -0.400. The Labute approximate surface area is 120 Å². The number of amides is 1. The number of ether oxygens (including phenoxy) is 1. The third-order valence-corrected chi connectivity index (χ3v) is 3.61. The second-order valence-corrected chi connectivity index (χ2v) is 4.91. The molecular weight excluding hydrogens is 285 g/mol. The number of hydrogen-bond donors (Lipinski definition) is 1. The molecule has 1 aliphatic rings. The monoisotopic (exact) mass is 302 g/mol. The molecule has 1 aromatic rings. The molecule has 21 heavy (non-hydrogen) atoms. The molecular formula is C14H17F3N2O2. The van der Waals surface area contributed by atoms with Gasteiger partial charge in [0, 0.05) is 38.5 Å². The number of anilines is 1. The average molecular weight is 302 g/mol. The van der Waals surface area contributed by atoms with Crippen molar-refractivity contribution < 1.29 is 22.7 Å². The third-order valence-electron chi connectivity index (χ3n) is 3.61. The van der Waals surface area contributed by atoms with Crippen LogP contribution in [0.5, 0.6) is 0 Å². The average Bonchev–Trinajstić information content (AvgIpc) is 2.93. The molecule has 0 bridgehead atoms. The number of halogens is 3. The molecule has 1 unspecified atom stereocenters. The minimum atomic E-state index is -4.51. The van der Waals surface area contributed by atoms with Crippen LogP contribution >= 0.6 is 0 Å². The Balaban J connectivity index is 2.26. The maximum atomic E-state index is 13.0. The van der Waals surface area contributed by atoms with Crippen molar-refractivity contribution in [1.82, 2.24) is 4.90 Å². The second kappa shape index (κ2) is 5.93. The molecule has 7 heteroatoms. The van der Waals surface area contributed by atoms with Crippen LogP contribution in [0.3, 0.4) is 0 Å². The van der Waals surface area contributed by atoms with Crippen LogP contribution < -0.4 is 5.32 Å². The highest BCUT2D eigenvalue weighted by Gasteiger charge is 2.35. The smallest absolute Gasteiger partial charge is 0.388 e. The summed E-state index contributed by atoms with van der Waals surface area (Å²) in [5, 5.41) is 2.49. The van der Waals surface area contributed by atoms with Gasteiger partial charge >= 0.3 is 6.18 Å². The van der Waals surface area contributed by atoms with E-state index in [1.165, 1.54) is 24.1 Å². The van der Waals surface area contributed by atoms with Gasteiger partial charge < -0.3 is 15.0 Å². The summed E-state index contributed by atoms with van der Waals surface area (Å²) in [5.41, 5.74) is -0.841. The van der Waals surface area contributed by atoms with Gasteiger partial charge in [0.15, 0.2) is 0 Å². The van der Waals surface area contributed by atoms with Crippen molar-refractivity contribution in [1.29, 1.82) is 0 Å². The Hall–Kier alpha value is -1.76. The molecule has 2 rings (SSSR count). The molecule has 116 valence electrons. The van der Waals surface area contributed by atoms with Crippen molar-refractivity contribution in [2.24, 2.45) is 0 Å². The first-order chi connectivity index (χ1) is 9.86. The van der Waals surface area contributed by atoms with Crippen LogP contribution in [0.2, 0.25) is 0 Å². The first-order valence-electron chi connectivity index (χ1n) is 6.58. The lowest BCUT2D eigenvalue weighted by atomic mass is 10.1. The van der Waals surface area contributed by atoms with Gasteiger partial charge in [-0.3, -0.25) is 4.79 Å². The molecule has 1 amide bonds. The molecule has 1 N–H and O–H groups in total. The van der Waals surface area contributed by atoms with Gasteiger partial charge in [0.2, 0.25) is 0 Å². The van der Waals surface area contributed by atoms with Gasteiger partial charge in [-0.2, -0.15) is 13.2 Å². The Morgan fingerprint density at radius 3 is 2.67 bits per heavy atom. The fourth-order valence-electron chi connectivity index (χ4n) is 2.42. The van der Waals surface area contributed by atoms with E-state index in [9.17, 15) is 18.0 Å². The molecule has 1 fully saturated rings. The van der Waals surface area contributed by atoms with Gasteiger partial charge in [0.25, 0.3) is 5.91 Å². The summed E-state index contributed by atoms with van der Waals surface area (Å²) < 4.78 is 44.1. The predicted molar refractivity (Wildman–Crippen MR) is 72.3 cm³/mol. The predicted octanol–water partition coefficient (Wildman–Crippen LogP) is 2.61. The zero-order valence-electron chi connectivity index (χ0n) is 11.8. The van der Waals surface area contributed by atoms with Crippen molar-refractivity contribution in [2.75, 3.05) is 32.6 Å². The second-order valence-electron chi connectivity index (χ2n) is 4.91. The van der Waals surface area contributed by atoms with E-state index >= 15 is 0 Å². The zero-order valence-corrected chi connectivity index (χ0v) is 11.8. The first kappa shape index (κ1) is 15.6. The molecule has 4 nitrogen and oxygen atoms in total.